The molecule has 0 nitrogen and oxygen atoms in total. The molecule has 0 saturated carbocycles. The highest BCUT2D eigenvalue weighted by Gasteiger charge is 2.36. The van der Waals surface area contributed by atoms with Crippen molar-refractivity contribution in [2.75, 3.05) is 0 Å². The zero-order valence-electron chi connectivity index (χ0n) is 13.1. The van der Waals surface area contributed by atoms with Crippen LogP contribution in [0.4, 0.5) is 0 Å². The highest BCUT2D eigenvalue weighted by atomic mass is 14.4. The van der Waals surface area contributed by atoms with E-state index in [1.807, 2.05) is 0 Å². The second kappa shape index (κ2) is 5.37. The molecule has 0 amide bonds. The first-order valence-corrected chi connectivity index (χ1v) is 7.62. The first kappa shape index (κ1) is 13.9. The quantitative estimate of drug-likeness (QED) is 0.658. The van der Waals surface area contributed by atoms with E-state index >= 15 is 0 Å². The van der Waals surface area contributed by atoms with Gasteiger partial charge in [0.15, 0.2) is 0 Å². The number of rotatable bonds is 3. The van der Waals surface area contributed by atoms with Gasteiger partial charge in [0.2, 0.25) is 0 Å². The lowest BCUT2D eigenvalue weighted by molar-refractivity contribution is 0.579. The molecule has 0 saturated heterocycles. The highest BCUT2D eigenvalue weighted by Crippen LogP contribution is 2.48. The van der Waals surface area contributed by atoms with Crippen molar-refractivity contribution >= 4 is 11.6 Å². The van der Waals surface area contributed by atoms with Gasteiger partial charge in [-0.25, -0.2) is 0 Å². The SMILES string of the molecule is CC1=C(C)[C@@](C)(C/C=C/c2ccccc2)c2ccccc21. The van der Waals surface area contributed by atoms with Crippen LogP contribution in [0.2, 0.25) is 0 Å². The lowest BCUT2D eigenvalue weighted by Gasteiger charge is -2.27. The first-order valence-electron chi connectivity index (χ1n) is 7.62. The molecule has 2 aromatic carbocycles. The summed E-state index contributed by atoms with van der Waals surface area (Å²) in [6, 6.07) is 19.4. The van der Waals surface area contributed by atoms with E-state index in [4.69, 9.17) is 0 Å². The van der Waals surface area contributed by atoms with Crippen molar-refractivity contribution in [3.63, 3.8) is 0 Å². The van der Waals surface area contributed by atoms with E-state index in [0.717, 1.165) is 6.42 Å². The van der Waals surface area contributed by atoms with Crippen LogP contribution < -0.4 is 0 Å². The molecule has 106 valence electrons. The summed E-state index contributed by atoms with van der Waals surface area (Å²) in [6.45, 7) is 6.90. The predicted molar refractivity (Wildman–Crippen MR) is 92.2 cm³/mol. The van der Waals surface area contributed by atoms with Crippen LogP contribution in [0.3, 0.4) is 0 Å². The van der Waals surface area contributed by atoms with Crippen molar-refractivity contribution in [3.8, 4) is 0 Å². The van der Waals surface area contributed by atoms with E-state index in [1.54, 1.807) is 0 Å². The molecule has 0 aromatic heterocycles. The van der Waals surface area contributed by atoms with Crippen LogP contribution in [0.1, 0.15) is 43.9 Å². The van der Waals surface area contributed by atoms with Gasteiger partial charge in [0.1, 0.15) is 0 Å². The average Bonchev–Trinajstić information content (AvgIpc) is 2.71. The summed E-state index contributed by atoms with van der Waals surface area (Å²) in [5, 5.41) is 0. The van der Waals surface area contributed by atoms with E-state index < -0.39 is 0 Å². The summed E-state index contributed by atoms with van der Waals surface area (Å²) in [5.74, 6) is 0. The molecule has 21 heavy (non-hydrogen) atoms. The smallest absolute Gasteiger partial charge is 0.0177 e. The van der Waals surface area contributed by atoms with Gasteiger partial charge in [0.25, 0.3) is 0 Å². The van der Waals surface area contributed by atoms with Crippen LogP contribution >= 0.6 is 0 Å². The molecule has 0 radical (unpaired) electrons. The number of hydrogen-bond acceptors (Lipinski definition) is 0. The summed E-state index contributed by atoms with van der Waals surface area (Å²) in [4.78, 5) is 0. The topological polar surface area (TPSA) is 0 Å². The largest absolute Gasteiger partial charge is 0.0827 e. The monoisotopic (exact) mass is 274 g/mol. The number of fused-ring (bicyclic) bond motifs is 1. The maximum atomic E-state index is 2.37. The van der Waals surface area contributed by atoms with Gasteiger partial charge in [-0.05, 0) is 42.5 Å². The molecule has 0 heteroatoms. The van der Waals surface area contributed by atoms with Crippen molar-refractivity contribution in [2.24, 2.45) is 0 Å². The van der Waals surface area contributed by atoms with Crippen LogP contribution in [0, 0.1) is 0 Å². The van der Waals surface area contributed by atoms with Crippen molar-refractivity contribution < 1.29 is 0 Å². The van der Waals surface area contributed by atoms with E-state index in [2.05, 4.69) is 87.5 Å². The molecular weight excluding hydrogens is 252 g/mol. The molecule has 1 aliphatic carbocycles. The lowest BCUT2D eigenvalue weighted by Crippen LogP contribution is -2.20. The van der Waals surface area contributed by atoms with Gasteiger partial charge in [-0.15, -0.1) is 0 Å². The maximum Gasteiger partial charge on any atom is 0.0177 e. The minimum atomic E-state index is 0.131. The molecule has 0 N–H and O–H groups in total. The minimum absolute atomic E-state index is 0.131. The molecule has 3 rings (SSSR count). The minimum Gasteiger partial charge on any atom is -0.0827 e. The van der Waals surface area contributed by atoms with Crippen molar-refractivity contribution in [2.45, 2.75) is 32.6 Å². The van der Waals surface area contributed by atoms with Crippen LogP contribution in [0.5, 0.6) is 0 Å². The van der Waals surface area contributed by atoms with Gasteiger partial charge in [-0.1, -0.05) is 79.2 Å². The number of allylic oxidation sites excluding steroid dienone is 3. The molecular formula is C21H22. The van der Waals surface area contributed by atoms with Gasteiger partial charge in [0.05, 0.1) is 0 Å². The molecule has 0 spiro atoms. The molecule has 0 bridgehead atoms. The Hall–Kier alpha value is -2.08. The summed E-state index contributed by atoms with van der Waals surface area (Å²) < 4.78 is 0. The Morgan fingerprint density at radius 1 is 0.905 bits per heavy atom. The molecule has 0 unspecified atom stereocenters. The predicted octanol–water partition coefficient (Wildman–Crippen LogP) is 5.85. The second-order valence-corrected chi connectivity index (χ2v) is 6.14. The van der Waals surface area contributed by atoms with Gasteiger partial charge in [0, 0.05) is 5.41 Å². The van der Waals surface area contributed by atoms with Crippen LogP contribution in [-0.4, -0.2) is 0 Å². The van der Waals surface area contributed by atoms with Crippen molar-refractivity contribution in [1.82, 2.24) is 0 Å². The molecule has 1 aliphatic rings. The standard InChI is InChI=1S/C21H22/c1-16-17(2)21(3,20-14-8-7-13-19(16)20)15-9-12-18-10-5-4-6-11-18/h4-14H,15H2,1-3H3/b12-9+/t21-/m1/s1. The summed E-state index contributed by atoms with van der Waals surface area (Å²) >= 11 is 0. The zero-order chi connectivity index (χ0) is 14.9. The normalized spacial score (nSPS) is 21.1. The fraction of sp³-hybridized carbons (Fsp3) is 0.238. The van der Waals surface area contributed by atoms with E-state index in [0.29, 0.717) is 0 Å². The average molecular weight is 274 g/mol. The third-order valence-electron chi connectivity index (χ3n) is 4.95. The Kier molecular flexibility index (Phi) is 3.55. The van der Waals surface area contributed by atoms with Gasteiger partial charge in [-0.3, -0.25) is 0 Å². The van der Waals surface area contributed by atoms with Crippen LogP contribution in [-0.2, 0) is 5.41 Å². The third kappa shape index (κ3) is 2.35. The molecule has 0 fully saturated rings. The summed E-state index contributed by atoms with van der Waals surface area (Å²) in [7, 11) is 0. The maximum absolute atomic E-state index is 2.37. The first-order chi connectivity index (χ1) is 10.1. The van der Waals surface area contributed by atoms with Crippen molar-refractivity contribution in [3.05, 3.63) is 82.9 Å². The van der Waals surface area contributed by atoms with Crippen LogP contribution in [0.25, 0.3) is 11.6 Å². The lowest BCUT2D eigenvalue weighted by atomic mass is 9.77. The van der Waals surface area contributed by atoms with Crippen LogP contribution in [0.15, 0.2) is 66.2 Å². The molecule has 1 atom stereocenters. The second-order valence-electron chi connectivity index (χ2n) is 6.14. The van der Waals surface area contributed by atoms with E-state index in [-0.39, 0.29) is 5.41 Å². The Bertz CT molecular complexity index is 704. The Morgan fingerprint density at radius 2 is 1.57 bits per heavy atom. The number of hydrogen-bond donors (Lipinski definition) is 0. The fourth-order valence-corrected chi connectivity index (χ4v) is 3.37. The number of benzene rings is 2. The zero-order valence-corrected chi connectivity index (χ0v) is 13.1. The molecule has 2 aromatic rings. The van der Waals surface area contributed by atoms with Crippen molar-refractivity contribution in [1.29, 1.82) is 0 Å². The highest BCUT2D eigenvalue weighted by molar-refractivity contribution is 5.78. The molecule has 0 heterocycles. The van der Waals surface area contributed by atoms with Gasteiger partial charge < -0.3 is 0 Å². The fourth-order valence-electron chi connectivity index (χ4n) is 3.37. The Labute approximate surface area is 127 Å². The van der Waals surface area contributed by atoms with E-state index in [9.17, 15) is 0 Å². The Morgan fingerprint density at radius 3 is 2.33 bits per heavy atom. The van der Waals surface area contributed by atoms with Gasteiger partial charge >= 0.3 is 0 Å². The summed E-state index contributed by atoms with van der Waals surface area (Å²) in [6.07, 6.45) is 5.59. The van der Waals surface area contributed by atoms with Gasteiger partial charge in [-0.2, -0.15) is 0 Å². The van der Waals surface area contributed by atoms with E-state index in [1.165, 1.54) is 27.8 Å². The summed E-state index contributed by atoms with van der Waals surface area (Å²) in [5.41, 5.74) is 7.24. The third-order valence-corrected chi connectivity index (χ3v) is 4.95. The Balaban J connectivity index is 1.90. The molecule has 0 aliphatic heterocycles.